The van der Waals surface area contributed by atoms with Crippen LogP contribution in [0, 0.1) is 0 Å². The molecule has 7 heteroatoms. The smallest absolute Gasteiger partial charge is 0.342 e. The maximum atomic E-state index is 11.7. The van der Waals surface area contributed by atoms with Gasteiger partial charge in [-0.3, -0.25) is 0 Å². The summed E-state index contributed by atoms with van der Waals surface area (Å²) in [5.74, 6) is 4.76. The van der Waals surface area contributed by atoms with Gasteiger partial charge in [0.05, 0.1) is 0 Å². The average Bonchev–Trinajstić information content (AvgIpc) is 2.15. The fourth-order valence-electron chi connectivity index (χ4n) is 0.963. The number of anilines is 1. The molecule has 0 bridgehead atoms. The Labute approximate surface area is 98.1 Å². The number of esters is 1. The van der Waals surface area contributed by atoms with Crippen molar-refractivity contribution >= 4 is 23.4 Å². The summed E-state index contributed by atoms with van der Waals surface area (Å²) < 4.78 is 5.16. The molecule has 0 amide bonds. The predicted molar refractivity (Wildman–Crippen MR) is 60.0 cm³/mol. The van der Waals surface area contributed by atoms with Crippen LogP contribution in [-0.2, 0) is 4.74 Å². The van der Waals surface area contributed by atoms with Gasteiger partial charge in [-0.15, -0.1) is 10.2 Å². The zero-order valence-electron chi connectivity index (χ0n) is 9.24. The standard InChI is InChI=1S/C9H13ClN4O2/c1-9(2,3)16-8(15)5-4-6(10)13-14-7(5)12-11/h4H,11H2,1-3H3,(H,12,14). The van der Waals surface area contributed by atoms with Crippen LogP contribution in [0.4, 0.5) is 5.82 Å². The van der Waals surface area contributed by atoms with Crippen LogP contribution in [0.5, 0.6) is 0 Å². The van der Waals surface area contributed by atoms with Gasteiger partial charge in [-0.05, 0) is 26.8 Å². The van der Waals surface area contributed by atoms with Gasteiger partial charge in [0.25, 0.3) is 0 Å². The zero-order chi connectivity index (χ0) is 12.3. The normalized spacial score (nSPS) is 11.1. The van der Waals surface area contributed by atoms with Crippen LogP contribution in [0.3, 0.4) is 0 Å². The van der Waals surface area contributed by atoms with E-state index in [9.17, 15) is 4.79 Å². The van der Waals surface area contributed by atoms with E-state index in [2.05, 4.69) is 15.6 Å². The molecule has 0 fully saturated rings. The van der Waals surface area contributed by atoms with E-state index in [0.717, 1.165) is 0 Å². The first-order valence-electron chi connectivity index (χ1n) is 4.56. The zero-order valence-corrected chi connectivity index (χ0v) is 10.00. The number of carbonyl (C=O) groups excluding carboxylic acids is 1. The molecule has 16 heavy (non-hydrogen) atoms. The highest BCUT2D eigenvalue weighted by Gasteiger charge is 2.21. The third-order valence-electron chi connectivity index (χ3n) is 1.52. The Kier molecular flexibility index (Phi) is 3.66. The molecule has 0 atom stereocenters. The summed E-state index contributed by atoms with van der Waals surface area (Å²) in [7, 11) is 0. The lowest BCUT2D eigenvalue weighted by atomic mass is 10.2. The van der Waals surface area contributed by atoms with Crippen LogP contribution in [0.1, 0.15) is 31.1 Å². The summed E-state index contributed by atoms with van der Waals surface area (Å²) in [6, 6.07) is 1.35. The van der Waals surface area contributed by atoms with Crippen molar-refractivity contribution in [3.05, 3.63) is 16.8 Å². The maximum Gasteiger partial charge on any atom is 0.342 e. The van der Waals surface area contributed by atoms with Crippen LogP contribution < -0.4 is 11.3 Å². The second-order valence-corrected chi connectivity index (χ2v) is 4.46. The number of hydrogen-bond donors (Lipinski definition) is 2. The third kappa shape index (κ3) is 3.32. The number of nitrogens with two attached hydrogens (primary N) is 1. The van der Waals surface area contributed by atoms with Crippen molar-refractivity contribution in [1.82, 2.24) is 10.2 Å². The summed E-state index contributed by atoms with van der Waals surface area (Å²) in [4.78, 5) is 11.7. The highest BCUT2D eigenvalue weighted by atomic mass is 35.5. The van der Waals surface area contributed by atoms with E-state index >= 15 is 0 Å². The van der Waals surface area contributed by atoms with Crippen LogP contribution in [0.2, 0.25) is 5.15 Å². The summed E-state index contributed by atoms with van der Waals surface area (Å²) in [5, 5.41) is 7.28. The fourth-order valence-corrected chi connectivity index (χ4v) is 1.11. The summed E-state index contributed by atoms with van der Waals surface area (Å²) in [6.45, 7) is 5.28. The SMILES string of the molecule is CC(C)(C)OC(=O)c1cc(Cl)nnc1NN. The molecule has 88 valence electrons. The first-order valence-corrected chi connectivity index (χ1v) is 4.94. The maximum absolute atomic E-state index is 11.7. The molecular weight excluding hydrogens is 232 g/mol. The first-order chi connectivity index (χ1) is 7.33. The van der Waals surface area contributed by atoms with Gasteiger partial charge >= 0.3 is 5.97 Å². The van der Waals surface area contributed by atoms with Crippen molar-refractivity contribution in [2.24, 2.45) is 5.84 Å². The first kappa shape index (κ1) is 12.7. The number of ether oxygens (including phenoxy) is 1. The van der Waals surface area contributed by atoms with Crippen LogP contribution in [0.25, 0.3) is 0 Å². The number of carbonyl (C=O) groups is 1. The Hall–Kier alpha value is -1.40. The predicted octanol–water partition coefficient (Wildman–Crippen LogP) is 1.37. The molecule has 3 N–H and O–H groups in total. The number of nitrogen functional groups attached to an aromatic ring is 1. The van der Waals surface area contributed by atoms with E-state index in [-0.39, 0.29) is 16.5 Å². The fraction of sp³-hybridized carbons (Fsp3) is 0.444. The van der Waals surface area contributed by atoms with Gasteiger partial charge in [0.2, 0.25) is 0 Å². The highest BCUT2D eigenvalue weighted by Crippen LogP contribution is 2.18. The second-order valence-electron chi connectivity index (χ2n) is 4.08. The minimum Gasteiger partial charge on any atom is -0.456 e. The number of hydrogen-bond acceptors (Lipinski definition) is 6. The summed E-state index contributed by atoms with van der Waals surface area (Å²) in [5.41, 5.74) is 1.81. The van der Waals surface area contributed by atoms with Crippen molar-refractivity contribution in [3.8, 4) is 0 Å². The molecule has 0 saturated carbocycles. The molecule has 0 aliphatic rings. The highest BCUT2D eigenvalue weighted by molar-refractivity contribution is 6.29. The average molecular weight is 245 g/mol. The van der Waals surface area contributed by atoms with E-state index in [1.807, 2.05) is 0 Å². The van der Waals surface area contributed by atoms with Gasteiger partial charge in [-0.2, -0.15) is 0 Å². The van der Waals surface area contributed by atoms with E-state index in [1.165, 1.54) is 6.07 Å². The van der Waals surface area contributed by atoms with Gasteiger partial charge in [0.15, 0.2) is 11.0 Å². The molecule has 0 spiro atoms. The Balaban J connectivity index is 3.02. The second kappa shape index (κ2) is 4.63. The van der Waals surface area contributed by atoms with E-state index in [1.54, 1.807) is 20.8 Å². The minimum atomic E-state index is -0.599. The van der Waals surface area contributed by atoms with E-state index in [4.69, 9.17) is 22.2 Å². The van der Waals surface area contributed by atoms with Crippen LogP contribution in [0.15, 0.2) is 6.07 Å². The van der Waals surface area contributed by atoms with Crippen molar-refractivity contribution in [1.29, 1.82) is 0 Å². The summed E-state index contributed by atoms with van der Waals surface area (Å²) in [6.07, 6.45) is 0. The molecule has 0 aliphatic carbocycles. The molecule has 0 unspecified atom stereocenters. The lowest BCUT2D eigenvalue weighted by molar-refractivity contribution is 0.00701. The molecule has 1 heterocycles. The Bertz CT molecular complexity index is 403. The van der Waals surface area contributed by atoms with Crippen LogP contribution >= 0.6 is 11.6 Å². The van der Waals surface area contributed by atoms with Gasteiger partial charge in [0.1, 0.15) is 11.2 Å². The number of halogens is 1. The van der Waals surface area contributed by atoms with E-state index in [0.29, 0.717) is 0 Å². The minimum absolute atomic E-state index is 0.0971. The monoisotopic (exact) mass is 244 g/mol. The van der Waals surface area contributed by atoms with Gasteiger partial charge < -0.3 is 10.2 Å². The molecule has 1 aromatic heterocycles. The lowest BCUT2D eigenvalue weighted by Crippen LogP contribution is -2.25. The quantitative estimate of drug-likeness (QED) is 0.464. The number of rotatable bonds is 2. The molecule has 0 saturated heterocycles. The Morgan fingerprint density at radius 3 is 2.62 bits per heavy atom. The van der Waals surface area contributed by atoms with Crippen molar-refractivity contribution < 1.29 is 9.53 Å². The molecule has 1 aromatic rings. The van der Waals surface area contributed by atoms with Crippen molar-refractivity contribution in [3.63, 3.8) is 0 Å². The summed E-state index contributed by atoms with van der Waals surface area (Å²) >= 11 is 5.64. The van der Waals surface area contributed by atoms with Gasteiger partial charge in [-0.25, -0.2) is 10.6 Å². The van der Waals surface area contributed by atoms with Crippen molar-refractivity contribution in [2.45, 2.75) is 26.4 Å². The van der Waals surface area contributed by atoms with Crippen molar-refractivity contribution in [2.75, 3.05) is 5.43 Å². The molecule has 0 aliphatic heterocycles. The molecule has 6 nitrogen and oxygen atoms in total. The van der Waals surface area contributed by atoms with Crippen LogP contribution in [-0.4, -0.2) is 21.8 Å². The lowest BCUT2D eigenvalue weighted by Gasteiger charge is -2.19. The molecule has 0 aromatic carbocycles. The number of nitrogens with one attached hydrogen (secondary N) is 1. The van der Waals surface area contributed by atoms with Gasteiger partial charge in [-0.1, -0.05) is 11.6 Å². The van der Waals surface area contributed by atoms with E-state index < -0.39 is 11.6 Å². The molecule has 0 radical (unpaired) electrons. The molecular formula is C9H13ClN4O2. The topological polar surface area (TPSA) is 90.1 Å². The number of hydrazine groups is 1. The third-order valence-corrected chi connectivity index (χ3v) is 1.70. The van der Waals surface area contributed by atoms with Gasteiger partial charge in [0, 0.05) is 0 Å². The number of aromatic nitrogens is 2. The molecule has 1 rings (SSSR count). The Morgan fingerprint density at radius 1 is 1.50 bits per heavy atom. The largest absolute Gasteiger partial charge is 0.456 e. The Morgan fingerprint density at radius 2 is 2.12 bits per heavy atom. The number of nitrogens with zero attached hydrogens (tertiary/aromatic N) is 2.